The molecule has 0 amide bonds. The van der Waals surface area contributed by atoms with Crippen LogP contribution in [-0.2, 0) is 21.3 Å². The van der Waals surface area contributed by atoms with Crippen molar-refractivity contribution >= 4 is 9.84 Å². The number of nitrogens with two attached hydrogens (primary N) is 1. The van der Waals surface area contributed by atoms with E-state index in [0.717, 1.165) is 0 Å². The molecule has 1 aromatic heterocycles. The summed E-state index contributed by atoms with van der Waals surface area (Å²) in [4.78, 5) is 8.33. The molecular formula is C7H11N3O4S. The van der Waals surface area contributed by atoms with Crippen LogP contribution in [-0.4, -0.2) is 30.1 Å². The fourth-order valence-corrected chi connectivity index (χ4v) is 3.30. The smallest absolute Gasteiger partial charge is 0.254 e. The lowest BCUT2D eigenvalue weighted by atomic mass is 10.1. The van der Waals surface area contributed by atoms with E-state index in [0.29, 0.717) is 12.2 Å². The van der Waals surface area contributed by atoms with Crippen LogP contribution in [0.15, 0.2) is 4.52 Å². The second kappa shape index (κ2) is 3.87. The first-order chi connectivity index (χ1) is 7.11. The van der Waals surface area contributed by atoms with Crippen LogP contribution in [0.4, 0.5) is 0 Å². The number of sulfone groups is 1. The van der Waals surface area contributed by atoms with Gasteiger partial charge in [-0.2, -0.15) is 4.98 Å². The molecule has 1 aliphatic heterocycles. The normalized spacial score (nSPS) is 24.5. The van der Waals surface area contributed by atoms with Gasteiger partial charge in [-0.25, -0.2) is 14.3 Å². The van der Waals surface area contributed by atoms with Gasteiger partial charge in [-0.15, -0.1) is 0 Å². The van der Waals surface area contributed by atoms with Crippen molar-refractivity contribution in [3.8, 4) is 0 Å². The van der Waals surface area contributed by atoms with Gasteiger partial charge in [0.25, 0.3) is 5.89 Å². The van der Waals surface area contributed by atoms with Crippen molar-refractivity contribution in [1.29, 1.82) is 0 Å². The van der Waals surface area contributed by atoms with E-state index in [1.54, 1.807) is 0 Å². The van der Waals surface area contributed by atoms with Crippen LogP contribution in [0, 0.1) is 0 Å². The first-order valence-corrected chi connectivity index (χ1v) is 6.27. The maximum Gasteiger partial charge on any atom is 0.254 e. The second-order valence-corrected chi connectivity index (χ2v) is 5.69. The Bertz CT molecular complexity index is 441. The van der Waals surface area contributed by atoms with Crippen molar-refractivity contribution in [2.24, 2.45) is 5.90 Å². The lowest BCUT2D eigenvalue weighted by Crippen LogP contribution is -2.05. The highest BCUT2D eigenvalue weighted by molar-refractivity contribution is 7.91. The van der Waals surface area contributed by atoms with E-state index in [1.807, 2.05) is 0 Å². The van der Waals surface area contributed by atoms with Crippen LogP contribution in [0.3, 0.4) is 0 Å². The van der Waals surface area contributed by atoms with E-state index in [2.05, 4.69) is 15.0 Å². The summed E-state index contributed by atoms with van der Waals surface area (Å²) in [6, 6.07) is 0. The first-order valence-electron chi connectivity index (χ1n) is 4.45. The minimum absolute atomic E-state index is 0.0342. The molecule has 2 heterocycles. The van der Waals surface area contributed by atoms with Gasteiger partial charge in [0.05, 0.1) is 11.5 Å². The van der Waals surface area contributed by atoms with E-state index in [-0.39, 0.29) is 29.9 Å². The summed E-state index contributed by atoms with van der Waals surface area (Å²) >= 11 is 0. The summed E-state index contributed by atoms with van der Waals surface area (Å²) in [6.45, 7) is 0.0342. The molecule has 0 saturated carbocycles. The van der Waals surface area contributed by atoms with Crippen molar-refractivity contribution in [2.75, 3.05) is 11.5 Å². The summed E-state index contributed by atoms with van der Waals surface area (Å²) < 4.78 is 27.3. The monoisotopic (exact) mass is 233 g/mol. The summed E-state index contributed by atoms with van der Waals surface area (Å²) in [6.07, 6.45) is 0.546. The molecule has 1 saturated heterocycles. The van der Waals surface area contributed by atoms with Gasteiger partial charge in [-0.3, -0.25) is 4.84 Å². The fraction of sp³-hybridized carbons (Fsp3) is 0.714. The zero-order chi connectivity index (χ0) is 10.9. The maximum atomic E-state index is 11.2. The van der Waals surface area contributed by atoms with Crippen LogP contribution in [0.1, 0.15) is 24.1 Å². The predicted molar refractivity (Wildman–Crippen MR) is 49.3 cm³/mol. The van der Waals surface area contributed by atoms with Gasteiger partial charge in [-0.05, 0) is 6.42 Å². The molecule has 0 spiro atoms. The highest BCUT2D eigenvalue weighted by Gasteiger charge is 2.32. The van der Waals surface area contributed by atoms with Gasteiger partial charge in [0, 0.05) is 5.92 Å². The Hall–Kier alpha value is -0.990. The van der Waals surface area contributed by atoms with E-state index >= 15 is 0 Å². The molecule has 84 valence electrons. The molecule has 1 fully saturated rings. The molecular weight excluding hydrogens is 222 g/mol. The third kappa shape index (κ3) is 2.33. The Kier molecular flexibility index (Phi) is 2.72. The van der Waals surface area contributed by atoms with Crippen molar-refractivity contribution in [3.05, 3.63) is 11.7 Å². The maximum absolute atomic E-state index is 11.2. The molecule has 1 unspecified atom stereocenters. The van der Waals surface area contributed by atoms with Crippen molar-refractivity contribution in [1.82, 2.24) is 10.1 Å². The Morgan fingerprint density at radius 2 is 2.40 bits per heavy atom. The molecule has 0 bridgehead atoms. The lowest BCUT2D eigenvalue weighted by molar-refractivity contribution is 0.0995. The van der Waals surface area contributed by atoms with Gasteiger partial charge in [0.15, 0.2) is 15.7 Å². The Morgan fingerprint density at radius 1 is 1.60 bits per heavy atom. The summed E-state index contributed by atoms with van der Waals surface area (Å²) in [5, 5.41) is 3.70. The van der Waals surface area contributed by atoms with E-state index < -0.39 is 9.84 Å². The third-order valence-corrected chi connectivity index (χ3v) is 4.06. The minimum Gasteiger partial charge on any atom is -0.337 e. The van der Waals surface area contributed by atoms with Gasteiger partial charge in [0.2, 0.25) is 0 Å². The summed E-state index contributed by atoms with van der Waals surface area (Å²) in [5.41, 5.74) is 0. The van der Waals surface area contributed by atoms with Crippen LogP contribution in [0.5, 0.6) is 0 Å². The molecule has 7 nitrogen and oxygen atoms in total. The number of hydrogen-bond acceptors (Lipinski definition) is 7. The SMILES string of the molecule is NOCc1nc(C2CCS(=O)(=O)C2)no1. The molecule has 0 radical (unpaired) electrons. The molecule has 0 aromatic carbocycles. The van der Waals surface area contributed by atoms with Crippen LogP contribution in [0.2, 0.25) is 0 Å². The van der Waals surface area contributed by atoms with Gasteiger partial charge in [0.1, 0.15) is 6.61 Å². The average molecular weight is 233 g/mol. The average Bonchev–Trinajstić information content (AvgIpc) is 2.73. The largest absolute Gasteiger partial charge is 0.337 e. The molecule has 2 rings (SSSR count). The zero-order valence-electron chi connectivity index (χ0n) is 7.92. The highest BCUT2D eigenvalue weighted by atomic mass is 32.2. The van der Waals surface area contributed by atoms with Crippen LogP contribution < -0.4 is 5.90 Å². The topological polar surface area (TPSA) is 108 Å². The number of rotatable bonds is 3. The predicted octanol–water partition coefficient (Wildman–Crippen LogP) is -0.638. The molecule has 2 N–H and O–H groups in total. The zero-order valence-corrected chi connectivity index (χ0v) is 8.74. The Balaban J connectivity index is 2.10. The quantitative estimate of drug-likeness (QED) is 0.692. The van der Waals surface area contributed by atoms with Crippen molar-refractivity contribution in [2.45, 2.75) is 18.9 Å². The third-order valence-electron chi connectivity index (χ3n) is 2.29. The fourth-order valence-electron chi connectivity index (χ4n) is 1.56. The molecule has 1 aromatic rings. The second-order valence-electron chi connectivity index (χ2n) is 3.46. The van der Waals surface area contributed by atoms with Gasteiger partial charge >= 0.3 is 0 Å². The molecule has 1 aliphatic rings. The number of nitrogens with zero attached hydrogens (tertiary/aromatic N) is 2. The molecule has 8 heteroatoms. The summed E-state index contributed by atoms with van der Waals surface area (Å²) in [7, 11) is -2.92. The van der Waals surface area contributed by atoms with Crippen molar-refractivity contribution < 1.29 is 17.8 Å². The van der Waals surface area contributed by atoms with Crippen molar-refractivity contribution in [3.63, 3.8) is 0 Å². The molecule has 15 heavy (non-hydrogen) atoms. The van der Waals surface area contributed by atoms with E-state index in [1.165, 1.54) is 0 Å². The lowest BCUT2D eigenvalue weighted by Gasteiger charge is -1.97. The van der Waals surface area contributed by atoms with Crippen LogP contribution >= 0.6 is 0 Å². The molecule has 0 aliphatic carbocycles. The Labute approximate surface area is 86.5 Å². The Morgan fingerprint density at radius 3 is 3.00 bits per heavy atom. The van der Waals surface area contributed by atoms with Crippen LogP contribution in [0.25, 0.3) is 0 Å². The number of aromatic nitrogens is 2. The molecule has 1 atom stereocenters. The standard InChI is InChI=1S/C7H11N3O4S/c8-13-3-6-9-7(10-14-6)5-1-2-15(11,12)4-5/h5H,1-4,8H2. The van der Waals surface area contributed by atoms with Gasteiger partial charge < -0.3 is 4.52 Å². The first kappa shape index (κ1) is 10.5. The van der Waals surface area contributed by atoms with E-state index in [9.17, 15) is 8.42 Å². The van der Waals surface area contributed by atoms with E-state index in [4.69, 9.17) is 10.4 Å². The highest BCUT2D eigenvalue weighted by Crippen LogP contribution is 2.26. The number of hydrogen-bond donors (Lipinski definition) is 1. The minimum atomic E-state index is -2.92. The summed E-state index contributed by atoms with van der Waals surface area (Å²) in [5.74, 6) is 5.64. The van der Waals surface area contributed by atoms with Gasteiger partial charge in [-0.1, -0.05) is 5.16 Å².